The Morgan fingerprint density at radius 1 is 1.40 bits per heavy atom. The Hall–Kier alpha value is -2.08. The van der Waals surface area contributed by atoms with E-state index >= 15 is 0 Å². The van der Waals surface area contributed by atoms with Crippen molar-refractivity contribution in [2.45, 2.75) is 0 Å². The molecule has 0 saturated heterocycles. The summed E-state index contributed by atoms with van der Waals surface area (Å²) in [4.78, 5) is 8.42. The lowest BCUT2D eigenvalue weighted by molar-refractivity contribution is 0.454. The molecule has 1 aliphatic heterocycles. The third-order valence-electron chi connectivity index (χ3n) is 3.25. The van der Waals surface area contributed by atoms with E-state index in [0.717, 1.165) is 21.3 Å². The zero-order valence-corrected chi connectivity index (χ0v) is 12.6. The van der Waals surface area contributed by atoms with Crippen molar-refractivity contribution in [1.29, 1.82) is 0 Å². The number of aromatic nitrogens is 2. The van der Waals surface area contributed by atoms with E-state index in [1.165, 1.54) is 0 Å². The maximum Gasteiger partial charge on any atom is 0.238 e. The number of nitrogens with one attached hydrogen (secondary N) is 1. The second-order valence-corrected chi connectivity index (χ2v) is 5.39. The lowest BCUT2D eigenvalue weighted by Crippen LogP contribution is -1.99. The molecule has 1 aliphatic rings. The maximum atomic E-state index is 9.94. The fourth-order valence-corrected chi connectivity index (χ4v) is 2.57. The number of aliphatic imine (C=N–C) groups is 1. The van der Waals surface area contributed by atoms with Crippen LogP contribution in [0.2, 0.25) is 0 Å². The van der Waals surface area contributed by atoms with Crippen LogP contribution in [-0.2, 0) is 7.05 Å². The van der Waals surface area contributed by atoms with Gasteiger partial charge in [-0.15, -0.1) is 0 Å². The first-order valence-electron chi connectivity index (χ1n) is 6.09. The molecule has 20 heavy (non-hydrogen) atoms. The number of halogens is 1. The molecular weight excluding hydrogens is 320 g/mol. The van der Waals surface area contributed by atoms with Gasteiger partial charge in [-0.05, 0) is 24.3 Å². The van der Waals surface area contributed by atoms with Crippen molar-refractivity contribution >= 4 is 45.4 Å². The van der Waals surface area contributed by atoms with Gasteiger partial charge in [0.25, 0.3) is 0 Å². The molecule has 0 radical (unpaired) electrons. The number of aromatic hydroxyl groups is 1. The lowest BCUT2D eigenvalue weighted by Gasteiger charge is -2.03. The average Bonchev–Trinajstić information content (AvgIpc) is 2.94. The van der Waals surface area contributed by atoms with E-state index in [1.54, 1.807) is 17.8 Å². The molecule has 0 amide bonds. The molecule has 1 aromatic heterocycles. The van der Waals surface area contributed by atoms with Crippen LogP contribution in [-0.4, -0.2) is 27.9 Å². The van der Waals surface area contributed by atoms with Gasteiger partial charge in [-0.3, -0.25) is 4.99 Å². The van der Waals surface area contributed by atoms with Crippen LogP contribution in [0, 0.1) is 0 Å². The van der Waals surface area contributed by atoms with Crippen LogP contribution in [0.1, 0.15) is 11.3 Å². The number of rotatable bonds is 2. The Morgan fingerprint density at radius 3 is 2.90 bits per heavy atom. The van der Waals surface area contributed by atoms with E-state index in [2.05, 4.69) is 31.2 Å². The quantitative estimate of drug-likeness (QED) is 0.887. The van der Waals surface area contributed by atoms with Gasteiger partial charge in [0.05, 0.1) is 5.69 Å². The predicted molar refractivity (Wildman–Crippen MR) is 84.6 cm³/mol. The molecule has 2 N–H and O–H groups in total. The molecule has 6 heteroatoms. The van der Waals surface area contributed by atoms with Gasteiger partial charge in [0, 0.05) is 35.9 Å². The largest absolute Gasteiger partial charge is 0.492 e. The Kier molecular flexibility index (Phi) is 3.10. The van der Waals surface area contributed by atoms with Gasteiger partial charge in [-0.25, -0.2) is 0 Å². The first-order chi connectivity index (χ1) is 9.60. The highest BCUT2D eigenvalue weighted by Crippen LogP contribution is 2.35. The fourth-order valence-electron chi connectivity index (χ4n) is 2.20. The molecule has 0 bridgehead atoms. The SMILES string of the molecule is CNc1nc(O)c(/C=C2\C=Nc3ccc(Br)cc32)n1C. The van der Waals surface area contributed by atoms with Crippen LogP contribution < -0.4 is 5.32 Å². The van der Waals surface area contributed by atoms with Gasteiger partial charge < -0.3 is 15.0 Å². The summed E-state index contributed by atoms with van der Waals surface area (Å²) in [6.45, 7) is 0. The summed E-state index contributed by atoms with van der Waals surface area (Å²) in [5, 5.41) is 12.9. The molecule has 0 aliphatic carbocycles. The molecule has 1 aromatic carbocycles. The van der Waals surface area contributed by atoms with Crippen LogP contribution in [0.3, 0.4) is 0 Å². The number of hydrogen-bond acceptors (Lipinski definition) is 4. The van der Waals surface area contributed by atoms with Gasteiger partial charge in [-0.2, -0.15) is 4.98 Å². The van der Waals surface area contributed by atoms with E-state index in [0.29, 0.717) is 11.6 Å². The molecule has 3 rings (SSSR count). The highest BCUT2D eigenvalue weighted by Gasteiger charge is 2.16. The zero-order valence-electron chi connectivity index (χ0n) is 11.1. The van der Waals surface area contributed by atoms with E-state index in [9.17, 15) is 5.11 Å². The van der Waals surface area contributed by atoms with E-state index in [1.807, 2.05) is 31.3 Å². The van der Waals surface area contributed by atoms with Crippen LogP contribution in [0.4, 0.5) is 11.6 Å². The summed E-state index contributed by atoms with van der Waals surface area (Å²) in [5.41, 5.74) is 3.55. The van der Waals surface area contributed by atoms with Crippen LogP contribution in [0.15, 0.2) is 27.7 Å². The maximum absolute atomic E-state index is 9.94. The Labute approximate surface area is 124 Å². The number of anilines is 1. The normalized spacial score (nSPS) is 14.8. The monoisotopic (exact) mass is 332 g/mol. The second kappa shape index (κ2) is 4.79. The average molecular weight is 333 g/mol. The van der Waals surface area contributed by atoms with Gasteiger partial charge in [0.1, 0.15) is 5.69 Å². The van der Waals surface area contributed by atoms with Gasteiger partial charge >= 0.3 is 0 Å². The smallest absolute Gasteiger partial charge is 0.238 e. The third kappa shape index (κ3) is 2.02. The van der Waals surface area contributed by atoms with E-state index < -0.39 is 0 Å². The molecule has 2 heterocycles. The minimum atomic E-state index is 0.00111. The van der Waals surface area contributed by atoms with Crippen molar-refractivity contribution in [3.05, 3.63) is 33.9 Å². The second-order valence-electron chi connectivity index (χ2n) is 4.47. The number of fused-ring (bicyclic) bond motifs is 1. The van der Waals surface area contributed by atoms with Crippen molar-refractivity contribution in [2.24, 2.45) is 12.0 Å². The highest BCUT2D eigenvalue weighted by molar-refractivity contribution is 9.10. The molecule has 5 nitrogen and oxygen atoms in total. The standard InChI is InChI=1S/C14H13BrN4O/c1-16-14-18-13(20)12(19(14)2)5-8-7-17-11-4-3-9(15)6-10(8)11/h3-7,20H,1-2H3,(H,16,18)/b8-5+. The van der Waals surface area contributed by atoms with Crippen molar-refractivity contribution < 1.29 is 5.11 Å². The predicted octanol–water partition coefficient (Wildman–Crippen LogP) is 3.19. The molecule has 0 fully saturated rings. The van der Waals surface area contributed by atoms with Crippen molar-refractivity contribution in [3.8, 4) is 5.88 Å². The summed E-state index contributed by atoms with van der Waals surface area (Å²) >= 11 is 3.46. The molecule has 0 spiro atoms. The Morgan fingerprint density at radius 2 is 2.20 bits per heavy atom. The third-order valence-corrected chi connectivity index (χ3v) is 3.74. The van der Waals surface area contributed by atoms with Crippen molar-refractivity contribution in [3.63, 3.8) is 0 Å². The summed E-state index contributed by atoms with van der Waals surface area (Å²) in [6.07, 6.45) is 3.67. The first kappa shape index (κ1) is 12.9. The van der Waals surface area contributed by atoms with Crippen LogP contribution >= 0.6 is 15.9 Å². The number of imidazole rings is 1. The first-order valence-corrected chi connectivity index (χ1v) is 6.88. The van der Waals surface area contributed by atoms with Crippen molar-refractivity contribution in [2.75, 3.05) is 12.4 Å². The molecule has 102 valence electrons. The van der Waals surface area contributed by atoms with Crippen LogP contribution in [0.25, 0.3) is 11.6 Å². The number of benzene rings is 1. The van der Waals surface area contributed by atoms with Gasteiger partial charge in [-0.1, -0.05) is 15.9 Å². The number of allylic oxidation sites excluding steroid dienone is 1. The van der Waals surface area contributed by atoms with Gasteiger partial charge in [0.2, 0.25) is 11.8 Å². The van der Waals surface area contributed by atoms with E-state index in [-0.39, 0.29) is 5.88 Å². The van der Waals surface area contributed by atoms with Gasteiger partial charge in [0.15, 0.2) is 0 Å². The highest BCUT2D eigenvalue weighted by atomic mass is 79.9. The number of nitrogens with zero attached hydrogens (tertiary/aromatic N) is 3. The minimum absolute atomic E-state index is 0.00111. The van der Waals surface area contributed by atoms with E-state index in [4.69, 9.17) is 0 Å². The fraction of sp³-hybridized carbons (Fsp3) is 0.143. The Bertz CT molecular complexity index is 746. The Balaban J connectivity index is 2.10. The molecular formula is C14H13BrN4O. The van der Waals surface area contributed by atoms with Crippen molar-refractivity contribution in [1.82, 2.24) is 9.55 Å². The topological polar surface area (TPSA) is 62.4 Å². The molecule has 0 saturated carbocycles. The summed E-state index contributed by atoms with van der Waals surface area (Å²) in [6, 6.07) is 5.93. The zero-order chi connectivity index (χ0) is 14.3. The lowest BCUT2D eigenvalue weighted by atomic mass is 10.1. The summed E-state index contributed by atoms with van der Waals surface area (Å²) in [5.74, 6) is 0.611. The molecule has 0 atom stereocenters. The van der Waals surface area contributed by atoms with Crippen LogP contribution in [0.5, 0.6) is 5.88 Å². The summed E-state index contributed by atoms with van der Waals surface area (Å²) in [7, 11) is 3.61. The summed E-state index contributed by atoms with van der Waals surface area (Å²) < 4.78 is 2.80. The minimum Gasteiger partial charge on any atom is -0.492 e. The number of hydrogen-bond donors (Lipinski definition) is 2. The molecule has 0 unspecified atom stereocenters. The molecule has 2 aromatic rings.